The molecule has 2 rings (SSSR count). The third kappa shape index (κ3) is 3.68. The number of aromatic nitrogens is 2. The van der Waals surface area contributed by atoms with Crippen molar-refractivity contribution in [3.05, 3.63) is 5.89 Å². The minimum atomic E-state index is -0.0983. The van der Waals surface area contributed by atoms with Gasteiger partial charge in [-0.25, -0.2) is 0 Å². The first-order chi connectivity index (χ1) is 8.72. The molecular formula is C12H22N4O2. The Labute approximate surface area is 107 Å². The second-order valence-corrected chi connectivity index (χ2v) is 5.02. The molecule has 0 radical (unpaired) electrons. The number of hydrogen-bond donors (Lipinski definition) is 2. The van der Waals surface area contributed by atoms with Crippen molar-refractivity contribution in [2.75, 3.05) is 25.1 Å². The van der Waals surface area contributed by atoms with Gasteiger partial charge in [0.1, 0.15) is 0 Å². The summed E-state index contributed by atoms with van der Waals surface area (Å²) < 4.78 is 11.0. The van der Waals surface area contributed by atoms with Gasteiger partial charge in [-0.1, -0.05) is 12.0 Å². The van der Waals surface area contributed by atoms with Crippen molar-refractivity contribution in [1.29, 1.82) is 0 Å². The van der Waals surface area contributed by atoms with Crippen LogP contribution in [-0.2, 0) is 11.3 Å². The molecule has 1 aromatic rings. The molecule has 102 valence electrons. The van der Waals surface area contributed by atoms with Crippen LogP contribution in [-0.4, -0.2) is 35.5 Å². The molecule has 18 heavy (non-hydrogen) atoms. The van der Waals surface area contributed by atoms with Crippen LogP contribution in [0.25, 0.3) is 0 Å². The van der Waals surface area contributed by atoms with Crippen LogP contribution in [0.3, 0.4) is 0 Å². The summed E-state index contributed by atoms with van der Waals surface area (Å²) in [5.74, 6) is 0.617. The summed E-state index contributed by atoms with van der Waals surface area (Å²) >= 11 is 0. The van der Waals surface area contributed by atoms with Gasteiger partial charge in [0.2, 0.25) is 5.89 Å². The molecule has 1 atom stereocenters. The van der Waals surface area contributed by atoms with Gasteiger partial charge in [0.25, 0.3) is 0 Å². The van der Waals surface area contributed by atoms with Crippen LogP contribution < -0.4 is 10.6 Å². The molecule has 1 aliphatic heterocycles. The minimum Gasteiger partial charge on any atom is -0.407 e. The van der Waals surface area contributed by atoms with Crippen LogP contribution in [0.15, 0.2) is 4.42 Å². The topological polar surface area (TPSA) is 72.2 Å². The van der Waals surface area contributed by atoms with Crippen molar-refractivity contribution in [2.45, 2.75) is 45.2 Å². The molecule has 0 amide bonds. The maximum atomic E-state index is 5.55. The fraction of sp³-hybridized carbons (Fsp3) is 0.833. The van der Waals surface area contributed by atoms with Crippen molar-refractivity contribution in [3.63, 3.8) is 0 Å². The average Bonchev–Trinajstić information content (AvgIpc) is 2.77. The lowest BCUT2D eigenvalue weighted by molar-refractivity contribution is 0.0530. The number of anilines is 1. The van der Waals surface area contributed by atoms with E-state index in [0.717, 1.165) is 32.4 Å². The zero-order valence-electron chi connectivity index (χ0n) is 11.2. The molecule has 1 aliphatic rings. The highest BCUT2D eigenvalue weighted by Gasteiger charge is 2.29. The van der Waals surface area contributed by atoms with Gasteiger partial charge in [-0.15, -0.1) is 5.10 Å². The summed E-state index contributed by atoms with van der Waals surface area (Å²) in [7, 11) is 0. The Morgan fingerprint density at radius 1 is 1.39 bits per heavy atom. The fourth-order valence-electron chi connectivity index (χ4n) is 2.04. The molecule has 0 bridgehead atoms. The smallest absolute Gasteiger partial charge is 0.316 e. The van der Waals surface area contributed by atoms with E-state index in [1.54, 1.807) is 0 Å². The summed E-state index contributed by atoms with van der Waals surface area (Å²) in [5.41, 5.74) is -0.0983. The quantitative estimate of drug-likeness (QED) is 0.750. The lowest BCUT2D eigenvalue weighted by Gasteiger charge is -2.33. The van der Waals surface area contributed by atoms with Crippen LogP contribution >= 0.6 is 0 Å². The molecule has 0 spiro atoms. The first-order valence-corrected chi connectivity index (χ1v) is 6.61. The number of hydrogen-bond acceptors (Lipinski definition) is 6. The first kappa shape index (κ1) is 13.3. The number of nitrogens with zero attached hydrogens (tertiary/aromatic N) is 2. The van der Waals surface area contributed by atoms with Crippen molar-refractivity contribution in [1.82, 2.24) is 15.5 Å². The molecule has 1 aromatic heterocycles. The van der Waals surface area contributed by atoms with Gasteiger partial charge in [0, 0.05) is 6.61 Å². The van der Waals surface area contributed by atoms with E-state index in [2.05, 4.69) is 34.7 Å². The minimum absolute atomic E-state index is 0.0983. The zero-order chi connectivity index (χ0) is 12.8. The molecule has 1 saturated heterocycles. The predicted octanol–water partition coefficient (Wildman–Crippen LogP) is 1.55. The van der Waals surface area contributed by atoms with E-state index >= 15 is 0 Å². The molecule has 2 heterocycles. The van der Waals surface area contributed by atoms with Crippen LogP contribution in [0.1, 0.15) is 39.0 Å². The summed E-state index contributed by atoms with van der Waals surface area (Å²) in [5, 5.41) is 14.5. The van der Waals surface area contributed by atoms with E-state index in [1.807, 2.05) is 0 Å². The fourth-order valence-corrected chi connectivity index (χ4v) is 2.04. The highest BCUT2D eigenvalue weighted by molar-refractivity contribution is 5.24. The Bertz CT molecular complexity index is 361. The summed E-state index contributed by atoms with van der Waals surface area (Å²) in [6, 6.07) is 0.483. The van der Waals surface area contributed by atoms with Gasteiger partial charge < -0.3 is 19.8 Å². The van der Waals surface area contributed by atoms with Crippen molar-refractivity contribution in [2.24, 2.45) is 0 Å². The van der Waals surface area contributed by atoms with Crippen molar-refractivity contribution in [3.8, 4) is 0 Å². The monoisotopic (exact) mass is 254 g/mol. The average molecular weight is 254 g/mol. The van der Waals surface area contributed by atoms with Gasteiger partial charge in [-0.2, -0.15) is 0 Å². The van der Waals surface area contributed by atoms with Crippen LogP contribution in [0.2, 0.25) is 0 Å². The Balaban J connectivity index is 1.85. The molecular weight excluding hydrogens is 232 g/mol. The number of ether oxygens (including phenoxy) is 1. The molecule has 6 heteroatoms. The summed E-state index contributed by atoms with van der Waals surface area (Å²) in [6.45, 7) is 7.33. The zero-order valence-corrected chi connectivity index (χ0v) is 11.2. The third-order valence-corrected chi connectivity index (χ3v) is 3.02. The molecule has 6 nitrogen and oxygen atoms in total. The van der Waals surface area contributed by atoms with Gasteiger partial charge in [0.05, 0.1) is 18.7 Å². The molecule has 0 aromatic carbocycles. The van der Waals surface area contributed by atoms with Crippen LogP contribution in [0.5, 0.6) is 0 Å². The second-order valence-electron chi connectivity index (χ2n) is 5.02. The predicted molar refractivity (Wildman–Crippen MR) is 68.4 cm³/mol. The largest absolute Gasteiger partial charge is 0.407 e. The van der Waals surface area contributed by atoms with Crippen LogP contribution in [0.4, 0.5) is 6.01 Å². The van der Waals surface area contributed by atoms with Gasteiger partial charge in [0.15, 0.2) is 0 Å². The molecule has 1 fully saturated rings. The Hall–Kier alpha value is -1.14. The highest BCUT2D eigenvalue weighted by Crippen LogP contribution is 2.23. The second kappa shape index (κ2) is 6.15. The maximum Gasteiger partial charge on any atom is 0.316 e. The van der Waals surface area contributed by atoms with Crippen LogP contribution in [0, 0.1) is 0 Å². The summed E-state index contributed by atoms with van der Waals surface area (Å²) in [4.78, 5) is 0. The van der Waals surface area contributed by atoms with E-state index in [4.69, 9.17) is 9.15 Å². The number of rotatable bonds is 6. The van der Waals surface area contributed by atoms with E-state index < -0.39 is 0 Å². The number of nitrogens with one attached hydrogen (secondary N) is 2. The maximum absolute atomic E-state index is 5.55. The van der Waals surface area contributed by atoms with Crippen molar-refractivity contribution < 1.29 is 9.15 Å². The normalized spacial score (nSPS) is 24.1. The van der Waals surface area contributed by atoms with E-state index in [0.29, 0.717) is 25.1 Å². The SMILES string of the molecule is CCCNCc1nnc(NC2(C)CCCOC2)o1. The summed E-state index contributed by atoms with van der Waals surface area (Å²) in [6.07, 6.45) is 3.20. The Morgan fingerprint density at radius 2 is 2.28 bits per heavy atom. The standard InChI is InChI=1S/C12H22N4O2/c1-3-6-13-8-10-15-16-11(18-10)14-12(2)5-4-7-17-9-12/h13H,3-9H2,1-2H3,(H,14,16). The van der Waals surface area contributed by atoms with E-state index in [-0.39, 0.29) is 5.54 Å². The Morgan fingerprint density at radius 3 is 3.00 bits per heavy atom. The first-order valence-electron chi connectivity index (χ1n) is 6.61. The van der Waals surface area contributed by atoms with E-state index in [1.165, 1.54) is 0 Å². The van der Waals surface area contributed by atoms with Gasteiger partial charge >= 0.3 is 6.01 Å². The highest BCUT2D eigenvalue weighted by atomic mass is 16.5. The lowest BCUT2D eigenvalue weighted by atomic mass is 9.95. The third-order valence-electron chi connectivity index (χ3n) is 3.02. The Kier molecular flexibility index (Phi) is 4.54. The molecule has 1 unspecified atom stereocenters. The van der Waals surface area contributed by atoms with Gasteiger partial charge in [-0.3, -0.25) is 0 Å². The van der Waals surface area contributed by atoms with E-state index in [9.17, 15) is 0 Å². The molecule has 0 aliphatic carbocycles. The van der Waals surface area contributed by atoms with Gasteiger partial charge in [-0.05, 0) is 32.7 Å². The van der Waals surface area contributed by atoms with Crippen molar-refractivity contribution >= 4 is 6.01 Å². The molecule has 2 N–H and O–H groups in total. The lowest BCUT2D eigenvalue weighted by Crippen LogP contribution is -2.43. The molecule has 0 saturated carbocycles.